The molecular weight excluding hydrogens is 390 g/mol. The van der Waals surface area contributed by atoms with Crippen LogP contribution in [0.2, 0.25) is 5.02 Å². The summed E-state index contributed by atoms with van der Waals surface area (Å²) in [7, 11) is -3.44. The topological polar surface area (TPSA) is 79.0 Å². The van der Waals surface area contributed by atoms with Crippen molar-refractivity contribution in [2.75, 3.05) is 56.5 Å². The molecule has 0 spiro atoms. The van der Waals surface area contributed by atoms with Gasteiger partial charge in [0.05, 0.1) is 25.2 Å². The van der Waals surface area contributed by atoms with Gasteiger partial charge in [-0.3, -0.25) is 14.0 Å². The van der Waals surface area contributed by atoms with Gasteiger partial charge >= 0.3 is 0 Å². The van der Waals surface area contributed by atoms with Gasteiger partial charge in [0.2, 0.25) is 15.9 Å². The molecule has 0 aliphatic carbocycles. The number of ether oxygens (including phenoxy) is 1. The average molecular weight is 418 g/mol. The highest BCUT2D eigenvalue weighted by Crippen LogP contribution is 2.22. The van der Waals surface area contributed by atoms with Crippen LogP contribution in [0.15, 0.2) is 24.3 Å². The van der Waals surface area contributed by atoms with Gasteiger partial charge in [-0.2, -0.15) is 0 Å². The van der Waals surface area contributed by atoms with E-state index in [1.165, 1.54) is 4.31 Å². The summed E-state index contributed by atoms with van der Waals surface area (Å²) in [6, 6.07) is 6.69. The van der Waals surface area contributed by atoms with Crippen molar-refractivity contribution in [1.29, 1.82) is 0 Å². The maximum atomic E-state index is 12.0. The highest BCUT2D eigenvalue weighted by atomic mass is 35.5. The van der Waals surface area contributed by atoms with Crippen LogP contribution in [0.4, 0.5) is 5.69 Å². The van der Waals surface area contributed by atoms with Crippen molar-refractivity contribution in [3.05, 3.63) is 29.3 Å². The number of anilines is 1. The molecule has 1 fully saturated rings. The molecule has 0 saturated carbocycles. The predicted octanol–water partition coefficient (Wildman–Crippen LogP) is 1.72. The summed E-state index contributed by atoms with van der Waals surface area (Å²) in [5.74, 6) is -0.0588. The lowest BCUT2D eigenvalue weighted by molar-refractivity contribution is -0.121. The molecule has 1 N–H and O–H groups in total. The third-order valence-electron chi connectivity index (χ3n) is 4.34. The monoisotopic (exact) mass is 417 g/mol. The Kier molecular flexibility index (Phi) is 8.82. The van der Waals surface area contributed by atoms with Crippen LogP contribution in [-0.4, -0.2) is 71.4 Å². The second kappa shape index (κ2) is 10.8. The van der Waals surface area contributed by atoms with Crippen molar-refractivity contribution in [3.8, 4) is 0 Å². The average Bonchev–Trinajstić information content (AvgIpc) is 2.62. The number of rotatable bonds is 10. The first-order chi connectivity index (χ1) is 12.9. The molecule has 1 aromatic carbocycles. The van der Waals surface area contributed by atoms with Crippen LogP contribution >= 0.6 is 11.6 Å². The minimum absolute atomic E-state index is 0.0588. The largest absolute Gasteiger partial charge is 0.379 e. The summed E-state index contributed by atoms with van der Waals surface area (Å²) < 4.78 is 30.7. The van der Waals surface area contributed by atoms with Crippen molar-refractivity contribution >= 4 is 33.2 Å². The molecular formula is C18H28ClN3O4S. The molecule has 9 heteroatoms. The molecule has 152 valence electrons. The number of sulfonamides is 1. The minimum atomic E-state index is -3.44. The zero-order valence-corrected chi connectivity index (χ0v) is 17.3. The molecule has 1 saturated heterocycles. The molecule has 2 rings (SSSR count). The van der Waals surface area contributed by atoms with Gasteiger partial charge in [-0.25, -0.2) is 8.42 Å². The van der Waals surface area contributed by atoms with E-state index >= 15 is 0 Å². The molecule has 7 nitrogen and oxygen atoms in total. The lowest BCUT2D eigenvalue weighted by Crippen LogP contribution is -2.38. The number of carbonyl (C=O) groups is 1. The summed E-state index contributed by atoms with van der Waals surface area (Å²) >= 11 is 5.95. The number of benzene rings is 1. The van der Waals surface area contributed by atoms with E-state index in [9.17, 15) is 13.2 Å². The molecule has 1 amide bonds. The van der Waals surface area contributed by atoms with Gasteiger partial charge in [0.15, 0.2) is 0 Å². The Morgan fingerprint density at radius 2 is 2.04 bits per heavy atom. The number of hydrogen-bond donors (Lipinski definition) is 1. The van der Waals surface area contributed by atoms with Crippen molar-refractivity contribution in [2.45, 2.75) is 19.3 Å². The van der Waals surface area contributed by atoms with Gasteiger partial charge in [0.25, 0.3) is 0 Å². The molecule has 0 atom stereocenters. The fourth-order valence-corrected chi connectivity index (χ4v) is 4.09. The minimum Gasteiger partial charge on any atom is -0.379 e. The molecule has 1 aromatic rings. The normalized spacial score (nSPS) is 15.5. The van der Waals surface area contributed by atoms with E-state index in [4.69, 9.17) is 16.3 Å². The molecule has 0 unspecified atom stereocenters. The van der Waals surface area contributed by atoms with Crippen molar-refractivity contribution in [3.63, 3.8) is 0 Å². The molecule has 0 bridgehead atoms. The maximum Gasteiger partial charge on any atom is 0.232 e. The lowest BCUT2D eigenvalue weighted by atomic mass is 10.2. The zero-order valence-electron chi connectivity index (χ0n) is 15.7. The molecule has 0 aromatic heterocycles. The van der Waals surface area contributed by atoms with Crippen LogP contribution in [0.3, 0.4) is 0 Å². The van der Waals surface area contributed by atoms with Crippen molar-refractivity contribution < 1.29 is 17.9 Å². The van der Waals surface area contributed by atoms with Crippen LogP contribution in [0.25, 0.3) is 0 Å². The van der Waals surface area contributed by atoms with E-state index in [0.29, 0.717) is 23.7 Å². The number of morpholine rings is 1. The van der Waals surface area contributed by atoms with Gasteiger partial charge in [-0.05, 0) is 37.6 Å². The van der Waals surface area contributed by atoms with E-state index in [1.807, 2.05) is 0 Å². The van der Waals surface area contributed by atoms with E-state index in [-0.39, 0.29) is 18.9 Å². The van der Waals surface area contributed by atoms with Crippen LogP contribution in [0.5, 0.6) is 0 Å². The summed E-state index contributed by atoms with van der Waals surface area (Å²) in [6.07, 6.45) is 2.77. The zero-order chi connectivity index (χ0) is 19.7. The van der Waals surface area contributed by atoms with Gasteiger partial charge in [-0.1, -0.05) is 17.7 Å². The van der Waals surface area contributed by atoms with E-state index < -0.39 is 10.0 Å². The molecule has 1 aliphatic rings. The Bertz CT molecular complexity index is 708. The lowest BCUT2D eigenvalue weighted by Gasteiger charge is -2.26. The van der Waals surface area contributed by atoms with Gasteiger partial charge in [-0.15, -0.1) is 0 Å². The number of halogens is 1. The van der Waals surface area contributed by atoms with Crippen LogP contribution in [0, 0.1) is 0 Å². The van der Waals surface area contributed by atoms with Gasteiger partial charge in [0.1, 0.15) is 0 Å². The quantitative estimate of drug-likeness (QED) is 0.586. The van der Waals surface area contributed by atoms with Crippen LogP contribution < -0.4 is 9.62 Å². The molecule has 1 heterocycles. The standard InChI is InChI=1S/C18H28ClN3O4S/c1-27(24,25)22(17-6-2-5-16(19)15-17)10-3-7-18(23)20-8-4-9-21-11-13-26-14-12-21/h2,5-6,15H,3-4,7-14H2,1H3,(H,20,23). The van der Waals surface area contributed by atoms with E-state index in [2.05, 4.69) is 10.2 Å². The Hall–Kier alpha value is -1.35. The first kappa shape index (κ1) is 21.9. The Morgan fingerprint density at radius 3 is 2.70 bits per heavy atom. The maximum absolute atomic E-state index is 12.0. The number of carbonyl (C=O) groups excluding carboxylic acids is 1. The second-order valence-electron chi connectivity index (χ2n) is 6.58. The second-order valence-corrected chi connectivity index (χ2v) is 8.92. The summed E-state index contributed by atoms with van der Waals surface area (Å²) in [5.41, 5.74) is 0.510. The fourth-order valence-electron chi connectivity index (χ4n) is 2.94. The smallest absolute Gasteiger partial charge is 0.232 e. The Labute approximate surface area is 166 Å². The predicted molar refractivity (Wildman–Crippen MR) is 108 cm³/mol. The summed E-state index contributed by atoms with van der Waals surface area (Å²) in [5, 5.41) is 3.37. The Morgan fingerprint density at radius 1 is 1.30 bits per heavy atom. The SMILES string of the molecule is CS(=O)(=O)N(CCCC(=O)NCCCN1CCOCC1)c1cccc(Cl)c1. The third kappa shape index (κ3) is 8.04. The highest BCUT2D eigenvalue weighted by molar-refractivity contribution is 7.92. The van der Waals surface area contributed by atoms with E-state index in [0.717, 1.165) is 45.5 Å². The summed E-state index contributed by atoms with van der Waals surface area (Å²) in [4.78, 5) is 14.3. The molecule has 27 heavy (non-hydrogen) atoms. The van der Waals surface area contributed by atoms with Gasteiger partial charge in [0, 0.05) is 37.6 Å². The fraction of sp³-hybridized carbons (Fsp3) is 0.611. The van der Waals surface area contributed by atoms with Crippen LogP contribution in [0.1, 0.15) is 19.3 Å². The first-order valence-electron chi connectivity index (χ1n) is 9.16. The van der Waals surface area contributed by atoms with Crippen molar-refractivity contribution in [1.82, 2.24) is 10.2 Å². The highest BCUT2D eigenvalue weighted by Gasteiger charge is 2.18. The Balaban J connectivity index is 1.70. The first-order valence-corrected chi connectivity index (χ1v) is 11.4. The number of nitrogens with one attached hydrogen (secondary N) is 1. The van der Waals surface area contributed by atoms with Gasteiger partial charge < -0.3 is 10.1 Å². The summed E-state index contributed by atoms with van der Waals surface area (Å²) in [6.45, 7) is 5.24. The number of hydrogen-bond acceptors (Lipinski definition) is 5. The third-order valence-corrected chi connectivity index (χ3v) is 5.77. The van der Waals surface area contributed by atoms with E-state index in [1.54, 1.807) is 24.3 Å². The number of amides is 1. The van der Waals surface area contributed by atoms with Crippen molar-refractivity contribution in [2.24, 2.45) is 0 Å². The molecule has 0 radical (unpaired) electrons. The number of nitrogens with zero attached hydrogens (tertiary/aromatic N) is 2. The molecule has 1 aliphatic heterocycles. The van der Waals surface area contributed by atoms with Crippen LogP contribution in [-0.2, 0) is 19.6 Å².